The van der Waals surface area contributed by atoms with Gasteiger partial charge in [0.1, 0.15) is 6.07 Å². The van der Waals surface area contributed by atoms with Crippen molar-refractivity contribution in [2.75, 3.05) is 47.2 Å². The molecule has 3 N–H and O–H groups in total. The molecule has 0 bridgehead atoms. The van der Waals surface area contributed by atoms with E-state index in [-0.39, 0.29) is 0 Å². The van der Waals surface area contributed by atoms with Gasteiger partial charge in [-0.2, -0.15) is 5.26 Å². The molecule has 0 spiro atoms. The highest BCUT2D eigenvalue weighted by Crippen LogP contribution is 2.33. The Bertz CT molecular complexity index is 1530. The number of carbonyl (C=O) groups excluding carboxylic acids is 1. The number of nitriles is 1. The standard InChI is InChI=1S/C30H27N7O2/c1-2-28(38)35-26-17-21(11-12-22(26)19-31)29-27(33-23-7-4-3-5-8-23)20-32-30(36-29)34-24-9-6-10-25(18-24)37-13-15-39-16-14-37/h2-12,17-18,20,33H,1,13-16H2,(H,35,38)(H,32,34,36). The van der Waals surface area contributed by atoms with E-state index < -0.39 is 5.91 Å². The Morgan fingerprint density at radius 1 is 0.974 bits per heavy atom. The molecule has 1 aliphatic rings. The third kappa shape index (κ3) is 6.21. The van der Waals surface area contributed by atoms with Crippen LogP contribution in [0.25, 0.3) is 11.3 Å². The van der Waals surface area contributed by atoms with E-state index in [2.05, 4.69) is 50.6 Å². The van der Waals surface area contributed by atoms with Crippen molar-refractivity contribution in [2.45, 2.75) is 0 Å². The molecule has 5 rings (SSSR count). The van der Waals surface area contributed by atoms with Crippen molar-refractivity contribution >= 4 is 40.3 Å². The van der Waals surface area contributed by atoms with Crippen molar-refractivity contribution in [3.05, 3.63) is 97.2 Å². The number of anilines is 6. The van der Waals surface area contributed by atoms with Crippen molar-refractivity contribution in [3.8, 4) is 17.3 Å². The molecule has 4 aromatic rings. The first-order valence-corrected chi connectivity index (χ1v) is 12.5. The van der Waals surface area contributed by atoms with Crippen LogP contribution in [0.4, 0.5) is 34.4 Å². The van der Waals surface area contributed by atoms with E-state index in [0.29, 0.717) is 47.4 Å². The molecule has 2 heterocycles. The number of para-hydroxylation sites is 1. The second kappa shape index (κ2) is 11.9. The molecule has 1 aromatic heterocycles. The Balaban J connectivity index is 1.51. The lowest BCUT2D eigenvalue weighted by molar-refractivity contribution is -0.111. The van der Waals surface area contributed by atoms with Gasteiger partial charge in [0.05, 0.1) is 42.0 Å². The van der Waals surface area contributed by atoms with Gasteiger partial charge in [0.25, 0.3) is 0 Å². The summed E-state index contributed by atoms with van der Waals surface area (Å²) in [5.74, 6) is 0.000234. The van der Waals surface area contributed by atoms with Crippen LogP contribution >= 0.6 is 0 Å². The topological polar surface area (TPSA) is 115 Å². The molecule has 9 nitrogen and oxygen atoms in total. The fraction of sp³-hybridized carbons (Fsp3) is 0.133. The smallest absolute Gasteiger partial charge is 0.247 e. The lowest BCUT2D eigenvalue weighted by Gasteiger charge is -2.29. The van der Waals surface area contributed by atoms with Crippen LogP contribution < -0.4 is 20.9 Å². The van der Waals surface area contributed by atoms with E-state index in [1.807, 2.05) is 42.5 Å². The number of rotatable bonds is 8. The van der Waals surface area contributed by atoms with Crippen molar-refractivity contribution in [2.24, 2.45) is 0 Å². The van der Waals surface area contributed by atoms with Crippen molar-refractivity contribution in [3.63, 3.8) is 0 Å². The summed E-state index contributed by atoms with van der Waals surface area (Å²) >= 11 is 0. The zero-order valence-electron chi connectivity index (χ0n) is 21.2. The van der Waals surface area contributed by atoms with Gasteiger partial charge in [0.2, 0.25) is 11.9 Å². The molecule has 0 atom stereocenters. The van der Waals surface area contributed by atoms with E-state index in [1.165, 1.54) is 0 Å². The molecule has 9 heteroatoms. The number of aromatic nitrogens is 2. The summed E-state index contributed by atoms with van der Waals surface area (Å²) in [6.45, 7) is 6.60. The van der Waals surface area contributed by atoms with Gasteiger partial charge in [0, 0.05) is 35.7 Å². The monoisotopic (exact) mass is 517 g/mol. The van der Waals surface area contributed by atoms with Gasteiger partial charge in [-0.3, -0.25) is 4.79 Å². The summed E-state index contributed by atoms with van der Waals surface area (Å²) in [5, 5.41) is 19.0. The molecule has 1 amide bonds. The van der Waals surface area contributed by atoms with Gasteiger partial charge in [0.15, 0.2) is 0 Å². The van der Waals surface area contributed by atoms with Crippen LogP contribution in [0, 0.1) is 11.3 Å². The van der Waals surface area contributed by atoms with E-state index >= 15 is 0 Å². The molecular weight excluding hydrogens is 490 g/mol. The average Bonchev–Trinajstić information content (AvgIpc) is 2.99. The van der Waals surface area contributed by atoms with Gasteiger partial charge < -0.3 is 25.6 Å². The van der Waals surface area contributed by atoms with E-state index in [4.69, 9.17) is 9.72 Å². The summed E-state index contributed by atoms with van der Waals surface area (Å²) in [6, 6.07) is 25.1. The number of hydrogen-bond acceptors (Lipinski definition) is 8. The average molecular weight is 518 g/mol. The second-order valence-electron chi connectivity index (χ2n) is 8.79. The lowest BCUT2D eigenvalue weighted by Crippen LogP contribution is -2.36. The number of amides is 1. The lowest BCUT2D eigenvalue weighted by atomic mass is 10.1. The summed E-state index contributed by atoms with van der Waals surface area (Å²) in [5.41, 5.74) is 5.48. The number of benzene rings is 3. The first kappa shape index (κ1) is 25.4. The fourth-order valence-electron chi connectivity index (χ4n) is 4.24. The molecule has 194 valence electrons. The van der Waals surface area contributed by atoms with Gasteiger partial charge in [-0.05, 0) is 48.5 Å². The van der Waals surface area contributed by atoms with Crippen LogP contribution in [0.3, 0.4) is 0 Å². The molecular formula is C30H27N7O2. The highest BCUT2D eigenvalue weighted by atomic mass is 16.5. The summed E-state index contributed by atoms with van der Waals surface area (Å²) in [7, 11) is 0. The minimum Gasteiger partial charge on any atom is -0.378 e. The predicted molar refractivity (Wildman–Crippen MR) is 153 cm³/mol. The predicted octanol–water partition coefficient (Wildman–Crippen LogP) is 5.46. The minimum absolute atomic E-state index is 0.332. The van der Waals surface area contributed by atoms with Crippen LogP contribution in [-0.2, 0) is 9.53 Å². The summed E-state index contributed by atoms with van der Waals surface area (Å²) in [6.07, 6.45) is 2.87. The van der Waals surface area contributed by atoms with E-state index in [0.717, 1.165) is 36.2 Å². The number of hydrogen-bond donors (Lipinski definition) is 3. The molecule has 3 aromatic carbocycles. The van der Waals surface area contributed by atoms with Crippen molar-refractivity contribution in [1.29, 1.82) is 5.26 Å². The quantitative estimate of drug-likeness (QED) is 0.264. The molecule has 0 aliphatic carbocycles. The molecule has 0 radical (unpaired) electrons. The summed E-state index contributed by atoms with van der Waals surface area (Å²) < 4.78 is 5.48. The maximum absolute atomic E-state index is 12.0. The van der Waals surface area contributed by atoms with Gasteiger partial charge in [-0.15, -0.1) is 0 Å². The first-order chi connectivity index (χ1) is 19.1. The highest BCUT2D eigenvalue weighted by molar-refractivity contribution is 6.00. The molecule has 39 heavy (non-hydrogen) atoms. The molecule has 0 saturated carbocycles. The van der Waals surface area contributed by atoms with Crippen molar-refractivity contribution in [1.82, 2.24) is 9.97 Å². The number of morpholine rings is 1. The Morgan fingerprint density at radius 3 is 2.54 bits per heavy atom. The Hall–Kier alpha value is -5.20. The number of carbonyl (C=O) groups is 1. The van der Waals surface area contributed by atoms with Gasteiger partial charge in [-0.25, -0.2) is 9.97 Å². The zero-order valence-corrected chi connectivity index (χ0v) is 21.2. The Kier molecular flexibility index (Phi) is 7.76. The molecule has 1 aliphatic heterocycles. The van der Waals surface area contributed by atoms with Crippen LogP contribution in [0.1, 0.15) is 5.56 Å². The first-order valence-electron chi connectivity index (χ1n) is 12.5. The normalized spacial score (nSPS) is 12.7. The SMILES string of the molecule is C=CC(=O)Nc1cc(-c2nc(Nc3cccc(N4CCOCC4)c3)ncc2Nc2ccccc2)ccc1C#N. The second-order valence-corrected chi connectivity index (χ2v) is 8.79. The largest absolute Gasteiger partial charge is 0.378 e. The van der Waals surface area contributed by atoms with Crippen LogP contribution in [0.15, 0.2) is 91.6 Å². The van der Waals surface area contributed by atoms with Crippen LogP contribution in [0.5, 0.6) is 0 Å². The number of nitrogens with one attached hydrogen (secondary N) is 3. The van der Waals surface area contributed by atoms with E-state index in [9.17, 15) is 10.1 Å². The molecule has 0 unspecified atom stereocenters. The fourth-order valence-corrected chi connectivity index (χ4v) is 4.24. The number of ether oxygens (including phenoxy) is 1. The van der Waals surface area contributed by atoms with Crippen molar-refractivity contribution < 1.29 is 9.53 Å². The Labute approximate surface area is 226 Å². The highest BCUT2D eigenvalue weighted by Gasteiger charge is 2.15. The third-order valence-electron chi connectivity index (χ3n) is 6.18. The molecule has 1 fully saturated rings. The minimum atomic E-state index is -0.406. The van der Waals surface area contributed by atoms with E-state index in [1.54, 1.807) is 24.4 Å². The summed E-state index contributed by atoms with van der Waals surface area (Å²) in [4.78, 5) is 23.7. The third-order valence-corrected chi connectivity index (χ3v) is 6.18. The molecule has 1 saturated heterocycles. The Morgan fingerprint density at radius 2 is 1.77 bits per heavy atom. The maximum atomic E-state index is 12.0. The van der Waals surface area contributed by atoms with Gasteiger partial charge in [-0.1, -0.05) is 36.9 Å². The zero-order chi connectivity index (χ0) is 27.0. The van der Waals surface area contributed by atoms with Gasteiger partial charge >= 0.3 is 0 Å². The van der Waals surface area contributed by atoms with Crippen LogP contribution in [-0.4, -0.2) is 42.2 Å². The van der Waals surface area contributed by atoms with Crippen LogP contribution in [0.2, 0.25) is 0 Å². The number of nitrogens with zero attached hydrogens (tertiary/aromatic N) is 4. The maximum Gasteiger partial charge on any atom is 0.247 e.